The molecule has 6 heteroatoms. The zero-order valence-corrected chi connectivity index (χ0v) is 11.5. The van der Waals surface area contributed by atoms with Gasteiger partial charge >= 0.3 is 0 Å². The number of hydrogen-bond acceptors (Lipinski definition) is 3. The Morgan fingerprint density at radius 2 is 2.16 bits per heavy atom. The van der Waals surface area contributed by atoms with Gasteiger partial charge in [0.25, 0.3) is 0 Å². The Balaban J connectivity index is 2.31. The minimum atomic E-state index is -0.532. The minimum Gasteiger partial charge on any atom is -0.495 e. The topological polar surface area (TPSA) is 58.6 Å². The summed E-state index contributed by atoms with van der Waals surface area (Å²) in [6, 6.07) is 4.60. The predicted octanol–water partition coefficient (Wildman–Crippen LogP) is 1.59. The van der Waals surface area contributed by atoms with Gasteiger partial charge in [-0.3, -0.25) is 9.59 Å². The average molecular weight is 283 g/mol. The molecule has 1 aliphatic heterocycles. The highest BCUT2D eigenvalue weighted by molar-refractivity contribution is 6.32. The highest BCUT2D eigenvalue weighted by atomic mass is 35.5. The summed E-state index contributed by atoms with van der Waals surface area (Å²) < 4.78 is 5.08. The van der Waals surface area contributed by atoms with Gasteiger partial charge in [-0.25, -0.2) is 0 Å². The molecule has 1 N–H and O–H groups in total. The van der Waals surface area contributed by atoms with Crippen molar-refractivity contribution in [3.8, 4) is 5.75 Å². The number of nitrogens with zero attached hydrogens (tertiary/aromatic N) is 1. The summed E-state index contributed by atoms with van der Waals surface area (Å²) in [5.41, 5.74) is 0.666. The minimum absolute atomic E-state index is 0.122. The van der Waals surface area contributed by atoms with Crippen LogP contribution < -0.4 is 15.0 Å². The number of halogens is 1. The Labute approximate surface area is 116 Å². The first kappa shape index (κ1) is 13.7. The standard InChI is InChI=1S/C13H15ClN2O3/c1-8-13(18)16(6-5-12(17)15-8)9-3-4-11(19-2)10(14)7-9/h3-4,7-8H,5-6H2,1-2H3,(H,15,17). The molecular formula is C13H15ClN2O3. The van der Waals surface area contributed by atoms with Crippen LogP contribution in [0.2, 0.25) is 5.02 Å². The largest absolute Gasteiger partial charge is 0.495 e. The van der Waals surface area contributed by atoms with Gasteiger partial charge in [-0.15, -0.1) is 0 Å². The number of amides is 2. The van der Waals surface area contributed by atoms with E-state index in [-0.39, 0.29) is 18.2 Å². The quantitative estimate of drug-likeness (QED) is 0.896. The summed E-state index contributed by atoms with van der Waals surface area (Å²) in [5.74, 6) is 0.282. The van der Waals surface area contributed by atoms with Crippen LogP contribution in [0.4, 0.5) is 5.69 Å². The second kappa shape index (κ2) is 5.48. The molecule has 1 aliphatic rings. The number of carbonyl (C=O) groups is 2. The van der Waals surface area contributed by atoms with Crippen molar-refractivity contribution in [2.75, 3.05) is 18.6 Å². The first-order valence-corrected chi connectivity index (χ1v) is 6.35. The fourth-order valence-electron chi connectivity index (χ4n) is 2.01. The molecule has 0 aromatic heterocycles. The number of benzene rings is 1. The Bertz CT molecular complexity index is 519. The molecular weight excluding hydrogens is 268 g/mol. The molecule has 19 heavy (non-hydrogen) atoms. The number of nitrogens with one attached hydrogen (secondary N) is 1. The number of ether oxygens (including phenoxy) is 1. The van der Waals surface area contributed by atoms with E-state index in [0.29, 0.717) is 23.0 Å². The van der Waals surface area contributed by atoms with Crippen molar-refractivity contribution in [1.29, 1.82) is 0 Å². The van der Waals surface area contributed by atoms with Gasteiger partial charge in [-0.2, -0.15) is 0 Å². The van der Waals surface area contributed by atoms with Crippen molar-refractivity contribution in [3.63, 3.8) is 0 Å². The van der Waals surface area contributed by atoms with E-state index >= 15 is 0 Å². The van der Waals surface area contributed by atoms with Crippen LogP contribution in [0.3, 0.4) is 0 Å². The van der Waals surface area contributed by atoms with Crippen LogP contribution in [0.15, 0.2) is 18.2 Å². The van der Waals surface area contributed by atoms with E-state index in [4.69, 9.17) is 16.3 Å². The summed E-state index contributed by atoms with van der Waals surface area (Å²) in [4.78, 5) is 25.2. The van der Waals surface area contributed by atoms with Gasteiger partial charge in [-0.05, 0) is 25.1 Å². The second-order valence-corrected chi connectivity index (χ2v) is 4.76. The molecule has 0 aliphatic carbocycles. The van der Waals surface area contributed by atoms with Gasteiger partial charge in [0, 0.05) is 18.7 Å². The van der Waals surface area contributed by atoms with E-state index in [0.717, 1.165) is 0 Å². The molecule has 5 nitrogen and oxygen atoms in total. The molecule has 2 rings (SSSR count). The summed E-state index contributed by atoms with van der Waals surface area (Å²) >= 11 is 6.06. The van der Waals surface area contributed by atoms with E-state index in [1.807, 2.05) is 0 Å². The van der Waals surface area contributed by atoms with Gasteiger partial charge < -0.3 is 15.0 Å². The molecule has 0 saturated carbocycles. The third-order valence-corrected chi connectivity index (χ3v) is 3.32. The Morgan fingerprint density at radius 3 is 2.79 bits per heavy atom. The molecule has 1 heterocycles. The SMILES string of the molecule is COc1ccc(N2CCC(=O)NC(C)C2=O)cc1Cl. The first-order chi connectivity index (χ1) is 9.02. The van der Waals surface area contributed by atoms with Crippen LogP contribution >= 0.6 is 11.6 Å². The number of methoxy groups -OCH3 is 1. The van der Waals surface area contributed by atoms with Crippen molar-refractivity contribution >= 4 is 29.1 Å². The van der Waals surface area contributed by atoms with Crippen LogP contribution in [0.1, 0.15) is 13.3 Å². The molecule has 102 valence electrons. The lowest BCUT2D eigenvalue weighted by atomic mass is 10.2. The van der Waals surface area contributed by atoms with Crippen LogP contribution in [-0.2, 0) is 9.59 Å². The summed E-state index contributed by atoms with van der Waals surface area (Å²) in [6.45, 7) is 2.02. The monoisotopic (exact) mass is 282 g/mol. The van der Waals surface area contributed by atoms with E-state index in [2.05, 4.69) is 5.32 Å². The number of anilines is 1. The number of carbonyl (C=O) groups excluding carboxylic acids is 2. The van der Waals surface area contributed by atoms with Gasteiger partial charge in [0.05, 0.1) is 12.1 Å². The first-order valence-electron chi connectivity index (χ1n) is 5.97. The maximum atomic E-state index is 12.2. The molecule has 0 radical (unpaired) electrons. The number of rotatable bonds is 2. The fraction of sp³-hybridized carbons (Fsp3) is 0.385. The molecule has 1 aromatic rings. The highest BCUT2D eigenvalue weighted by Crippen LogP contribution is 2.29. The molecule has 2 amide bonds. The molecule has 0 bridgehead atoms. The normalized spacial score (nSPS) is 19.9. The van der Waals surface area contributed by atoms with Crippen molar-refractivity contribution < 1.29 is 14.3 Å². The maximum absolute atomic E-state index is 12.2. The van der Waals surface area contributed by atoms with Crippen molar-refractivity contribution in [1.82, 2.24) is 5.32 Å². The van der Waals surface area contributed by atoms with Gasteiger partial charge in [0.2, 0.25) is 11.8 Å². The second-order valence-electron chi connectivity index (χ2n) is 4.35. The smallest absolute Gasteiger partial charge is 0.249 e. The molecule has 1 fully saturated rings. The van der Waals surface area contributed by atoms with Crippen molar-refractivity contribution in [2.24, 2.45) is 0 Å². The van der Waals surface area contributed by atoms with Crippen LogP contribution in [0, 0.1) is 0 Å². The maximum Gasteiger partial charge on any atom is 0.249 e. The van der Waals surface area contributed by atoms with Crippen LogP contribution in [-0.4, -0.2) is 31.5 Å². The Morgan fingerprint density at radius 1 is 1.42 bits per heavy atom. The summed E-state index contributed by atoms with van der Waals surface area (Å²) in [6.07, 6.45) is 0.278. The van der Waals surface area contributed by atoms with E-state index in [1.165, 1.54) is 7.11 Å². The van der Waals surface area contributed by atoms with Gasteiger partial charge in [0.15, 0.2) is 0 Å². The Kier molecular flexibility index (Phi) is 3.95. The molecule has 0 spiro atoms. The van der Waals surface area contributed by atoms with Crippen molar-refractivity contribution in [2.45, 2.75) is 19.4 Å². The van der Waals surface area contributed by atoms with Gasteiger partial charge in [0.1, 0.15) is 11.8 Å². The Hall–Kier alpha value is -1.75. The summed E-state index contributed by atoms with van der Waals surface area (Å²) in [7, 11) is 1.53. The van der Waals surface area contributed by atoms with Gasteiger partial charge in [-0.1, -0.05) is 11.6 Å². The average Bonchev–Trinajstić information content (AvgIpc) is 2.50. The molecule has 1 saturated heterocycles. The zero-order valence-electron chi connectivity index (χ0n) is 10.8. The van der Waals surface area contributed by atoms with Crippen LogP contribution in [0.5, 0.6) is 5.75 Å². The van der Waals surface area contributed by atoms with Crippen molar-refractivity contribution in [3.05, 3.63) is 23.2 Å². The lowest BCUT2D eigenvalue weighted by Gasteiger charge is -2.22. The zero-order chi connectivity index (χ0) is 14.0. The van der Waals surface area contributed by atoms with Crippen LogP contribution in [0.25, 0.3) is 0 Å². The van der Waals surface area contributed by atoms with E-state index < -0.39 is 6.04 Å². The predicted molar refractivity (Wildman–Crippen MR) is 72.6 cm³/mol. The lowest BCUT2D eigenvalue weighted by molar-refractivity contribution is -0.125. The lowest BCUT2D eigenvalue weighted by Crippen LogP contribution is -2.42. The third-order valence-electron chi connectivity index (χ3n) is 3.02. The fourth-order valence-corrected chi connectivity index (χ4v) is 2.26. The van der Waals surface area contributed by atoms with E-state index in [9.17, 15) is 9.59 Å². The van der Waals surface area contributed by atoms with E-state index in [1.54, 1.807) is 30.0 Å². The molecule has 1 atom stereocenters. The highest BCUT2D eigenvalue weighted by Gasteiger charge is 2.27. The molecule has 1 aromatic carbocycles. The number of hydrogen-bond donors (Lipinski definition) is 1. The molecule has 1 unspecified atom stereocenters. The third kappa shape index (κ3) is 2.81. The summed E-state index contributed by atoms with van der Waals surface area (Å²) in [5, 5.41) is 3.07.